The summed E-state index contributed by atoms with van der Waals surface area (Å²) in [5.74, 6) is 3.61. The summed E-state index contributed by atoms with van der Waals surface area (Å²) in [6, 6.07) is 0.645. The number of hydrogen-bond acceptors (Lipinski definition) is 4. The van der Waals surface area contributed by atoms with Gasteiger partial charge in [-0.2, -0.15) is 11.8 Å². The van der Waals surface area contributed by atoms with Gasteiger partial charge in [0.25, 0.3) is 0 Å². The molecule has 0 bridgehead atoms. The quantitative estimate of drug-likeness (QED) is 0.825. The second-order valence-electron chi connectivity index (χ2n) is 5.80. The molecule has 0 aromatic rings. The zero-order valence-corrected chi connectivity index (χ0v) is 12.7. The predicted molar refractivity (Wildman–Crippen MR) is 79.4 cm³/mol. The fraction of sp³-hybridized carbons (Fsp3) is 1.00. The summed E-state index contributed by atoms with van der Waals surface area (Å²) in [4.78, 5) is 2.52. The number of morpholine rings is 1. The number of hydrogen-bond donors (Lipinski definition) is 1. The van der Waals surface area contributed by atoms with E-state index in [1.165, 1.54) is 30.9 Å². The van der Waals surface area contributed by atoms with Crippen LogP contribution < -0.4 is 5.32 Å². The lowest BCUT2D eigenvalue weighted by Gasteiger charge is -2.35. The second kappa shape index (κ2) is 7.73. The van der Waals surface area contributed by atoms with E-state index < -0.39 is 0 Å². The molecule has 0 aliphatic carbocycles. The van der Waals surface area contributed by atoms with Crippen molar-refractivity contribution < 1.29 is 4.74 Å². The van der Waals surface area contributed by atoms with Crippen molar-refractivity contribution in [3.63, 3.8) is 0 Å². The molecule has 0 radical (unpaired) electrons. The van der Waals surface area contributed by atoms with Crippen LogP contribution in [0.5, 0.6) is 0 Å². The maximum atomic E-state index is 5.84. The average molecular weight is 272 g/mol. The van der Waals surface area contributed by atoms with E-state index >= 15 is 0 Å². The average Bonchev–Trinajstić information content (AvgIpc) is 2.40. The molecule has 2 saturated heterocycles. The Morgan fingerprint density at radius 3 is 2.78 bits per heavy atom. The van der Waals surface area contributed by atoms with Crippen molar-refractivity contribution in [2.45, 2.75) is 38.8 Å². The van der Waals surface area contributed by atoms with Gasteiger partial charge in [0.1, 0.15) is 0 Å². The van der Waals surface area contributed by atoms with E-state index in [9.17, 15) is 0 Å². The van der Waals surface area contributed by atoms with E-state index in [1.54, 1.807) is 0 Å². The van der Waals surface area contributed by atoms with Gasteiger partial charge in [-0.1, -0.05) is 0 Å². The van der Waals surface area contributed by atoms with E-state index in [0.29, 0.717) is 12.1 Å². The molecule has 1 unspecified atom stereocenters. The molecule has 0 aromatic carbocycles. The number of nitrogens with one attached hydrogen (secondary N) is 1. The predicted octanol–water partition coefficient (Wildman–Crippen LogP) is 1.83. The maximum absolute atomic E-state index is 5.84. The first kappa shape index (κ1) is 14.6. The third-order valence-electron chi connectivity index (χ3n) is 4.05. The highest BCUT2D eigenvalue weighted by molar-refractivity contribution is 7.99. The molecule has 2 aliphatic heterocycles. The summed E-state index contributed by atoms with van der Waals surface area (Å²) >= 11 is 2.10. The van der Waals surface area contributed by atoms with Gasteiger partial charge in [0.05, 0.1) is 12.7 Å². The number of ether oxygens (including phenoxy) is 1. The monoisotopic (exact) mass is 272 g/mol. The smallest absolute Gasteiger partial charge is 0.0826 e. The van der Waals surface area contributed by atoms with Crippen LogP contribution in [-0.4, -0.2) is 61.3 Å². The molecule has 0 amide bonds. The van der Waals surface area contributed by atoms with Crippen LogP contribution in [0.1, 0.15) is 26.7 Å². The van der Waals surface area contributed by atoms with E-state index in [4.69, 9.17) is 4.74 Å². The number of rotatable bonds is 5. The summed E-state index contributed by atoms with van der Waals surface area (Å²) in [6.07, 6.45) is 3.17. The van der Waals surface area contributed by atoms with E-state index in [-0.39, 0.29) is 0 Å². The zero-order valence-electron chi connectivity index (χ0n) is 11.9. The lowest BCUT2D eigenvalue weighted by atomic mass is 10.0. The van der Waals surface area contributed by atoms with Crippen molar-refractivity contribution in [2.24, 2.45) is 5.92 Å². The zero-order chi connectivity index (χ0) is 12.8. The van der Waals surface area contributed by atoms with Crippen LogP contribution in [0.2, 0.25) is 0 Å². The van der Waals surface area contributed by atoms with E-state index in [0.717, 1.165) is 32.2 Å². The van der Waals surface area contributed by atoms with Crippen LogP contribution in [0.25, 0.3) is 0 Å². The van der Waals surface area contributed by atoms with Crippen molar-refractivity contribution in [3.8, 4) is 0 Å². The molecule has 1 N–H and O–H groups in total. The van der Waals surface area contributed by atoms with Crippen LogP contribution in [0.15, 0.2) is 0 Å². The molecule has 2 rings (SSSR count). The van der Waals surface area contributed by atoms with Crippen molar-refractivity contribution in [3.05, 3.63) is 0 Å². The van der Waals surface area contributed by atoms with Gasteiger partial charge in [0, 0.05) is 25.7 Å². The first-order chi connectivity index (χ1) is 8.75. The Morgan fingerprint density at radius 1 is 1.28 bits per heavy atom. The van der Waals surface area contributed by atoms with Crippen LogP contribution in [0.3, 0.4) is 0 Å². The van der Waals surface area contributed by atoms with Gasteiger partial charge in [-0.25, -0.2) is 0 Å². The molecule has 0 aromatic heterocycles. The molecule has 106 valence electrons. The standard InChI is InChI=1S/C14H28N2OS/c1-12(2)16-5-6-17-14(11-16)10-15-9-13-3-7-18-8-4-13/h12-15H,3-11H2,1-2H3. The Kier molecular flexibility index (Phi) is 6.29. The van der Waals surface area contributed by atoms with E-state index in [1.807, 2.05) is 0 Å². The van der Waals surface area contributed by atoms with Crippen LogP contribution >= 0.6 is 11.8 Å². The fourth-order valence-electron chi connectivity index (χ4n) is 2.73. The molecular weight excluding hydrogens is 244 g/mol. The number of nitrogens with zero attached hydrogens (tertiary/aromatic N) is 1. The first-order valence-corrected chi connectivity index (χ1v) is 8.55. The van der Waals surface area contributed by atoms with Gasteiger partial charge in [0.2, 0.25) is 0 Å². The molecule has 18 heavy (non-hydrogen) atoms. The summed E-state index contributed by atoms with van der Waals surface area (Å²) < 4.78 is 5.84. The van der Waals surface area contributed by atoms with Gasteiger partial charge in [-0.15, -0.1) is 0 Å². The second-order valence-corrected chi connectivity index (χ2v) is 7.02. The molecule has 3 nitrogen and oxygen atoms in total. The van der Waals surface area contributed by atoms with Gasteiger partial charge in [-0.3, -0.25) is 4.90 Å². The minimum Gasteiger partial charge on any atom is -0.374 e. The Morgan fingerprint density at radius 2 is 2.06 bits per heavy atom. The summed E-state index contributed by atoms with van der Waals surface area (Å²) in [7, 11) is 0. The Hall–Kier alpha value is 0.230. The van der Waals surface area contributed by atoms with Crippen molar-refractivity contribution in [1.29, 1.82) is 0 Å². The van der Waals surface area contributed by atoms with Crippen molar-refractivity contribution in [2.75, 3.05) is 44.3 Å². The van der Waals surface area contributed by atoms with Crippen LogP contribution in [-0.2, 0) is 4.74 Å². The highest BCUT2D eigenvalue weighted by Gasteiger charge is 2.22. The Labute approximate surface area is 116 Å². The fourth-order valence-corrected chi connectivity index (χ4v) is 3.94. The van der Waals surface area contributed by atoms with Crippen molar-refractivity contribution in [1.82, 2.24) is 10.2 Å². The highest BCUT2D eigenvalue weighted by atomic mass is 32.2. The molecule has 2 aliphatic rings. The van der Waals surface area contributed by atoms with Gasteiger partial charge in [0.15, 0.2) is 0 Å². The maximum Gasteiger partial charge on any atom is 0.0826 e. The molecule has 4 heteroatoms. The topological polar surface area (TPSA) is 24.5 Å². The minimum atomic E-state index is 0.388. The Balaban J connectivity index is 1.60. The largest absolute Gasteiger partial charge is 0.374 e. The molecular formula is C14H28N2OS. The Bertz CT molecular complexity index is 232. The summed E-state index contributed by atoms with van der Waals surface area (Å²) in [5.41, 5.74) is 0. The lowest BCUT2D eigenvalue weighted by Crippen LogP contribution is -2.49. The normalized spacial score (nSPS) is 27.8. The molecule has 2 fully saturated rings. The van der Waals surface area contributed by atoms with Gasteiger partial charge < -0.3 is 10.1 Å². The van der Waals surface area contributed by atoms with Crippen LogP contribution in [0.4, 0.5) is 0 Å². The van der Waals surface area contributed by atoms with Crippen molar-refractivity contribution >= 4 is 11.8 Å². The minimum absolute atomic E-state index is 0.388. The third-order valence-corrected chi connectivity index (χ3v) is 5.10. The highest BCUT2D eigenvalue weighted by Crippen LogP contribution is 2.21. The van der Waals surface area contributed by atoms with Gasteiger partial charge in [-0.05, 0) is 50.7 Å². The first-order valence-electron chi connectivity index (χ1n) is 7.40. The lowest BCUT2D eigenvalue weighted by molar-refractivity contribution is -0.0373. The third kappa shape index (κ3) is 4.72. The summed E-state index contributed by atoms with van der Waals surface area (Å²) in [5, 5.41) is 3.62. The van der Waals surface area contributed by atoms with Gasteiger partial charge >= 0.3 is 0 Å². The SMILES string of the molecule is CC(C)N1CCOC(CNCC2CCSCC2)C1. The number of thioether (sulfide) groups is 1. The molecule has 0 spiro atoms. The molecule has 1 atom stereocenters. The molecule has 0 saturated carbocycles. The molecule has 2 heterocycles. The van der Waals surface area contributed by atoms with E-state index in [2.05, 4.69) is 35.8 Å². The summed E-state index contributed by atoms with van der Waals surface area (Å²) in [6.45, 7) is 9.82. The van der Waals surface area contributed by atoms with Crippen LogP contribution in [0, 0.1) is 5.92 Å².